The fourth-order valence-corrected chi connectivity index (χ4v) is 3.78. The predicted octanol–water partition coefficient (Wildman–Crippen LogP) is 2.84. The number of urea groups is 1. The van der Waals surface area contributed by atoms with Gasteiger partial charge in [-0.25, -0.2) is 9.79 Å². The van der Waals surface area contributed by atoms with Gasteiger partial charge in [-0.3, -0.25) is 4.90 Å². The Bertz CT molecular complexity index is 1200. The standard InChI is InChI=1S/C24H27N5O3/c1-3-4-14-28(24(26)30)17-7-9-18(10-8-17)29-21(25)20-13-15-32-23(20)27-22(29)16-5-11-19(31-2)12-6-16/h5-13,15,22H,3-4,14,25H2,1-2H3,(H2,26,30). The average Bonchev–Trinajstić information content (AvgIpc) is 3.29. The zero-order valence-electron chi connectivity index (χ0n) is 18.2. The highest BCUT2D eigenvalue weighted by Crippen LogP contribution is 2.33. The van der Waals surface area contributed by atoms with Gasteiger partial charge in [-0.2, -0.15) is 0 Å². The molecule has 0 radical (unpaired) electrons. The maximum Gasteiger partial charge on any atom is 0.319 e. The first kappa shape index (κ1) is 21.3. The number of anilines is 2. The van der Waals surface area contributed by atoms with Crippen LogP contribution in [0.4, 0.5) is 16.2 Å². The van der Waals surface area contributed by atoms with Gasteiger partial charge in [0.1, 0.15) is 11.6 Å². The van der Waals surface area contributed by atoms with Crippen LogP contribution in [-0.2, 0) is 0 Å². The third-order valence-corrected chi connectivity index (χ3v) is 5.52. The van der Waals surface area contributed by atoms with Crippen LogP contribution in [-0.4, -0.2) is 19.7 Å². The number of furan rings is 1. The van der Waals surface area contributed by atoms with Crippen LogP contribution in [0.3, 0.4) is 0 Å². The summed E-state index contributed by atoms with van der Waals surface area (Å²) in [5.74, 6) is 1.30. The van der Waals surface area contributed by atoms with Crippen LogP contribution in [0, 0.1) is 0 Å². The Balaban J connectivity index is 1.74. The van der Waals surface area contributed by atoms with E-state index < -0.39 is 12.2 Å². The largest absolute Gasteiger partial charge is 0.497 e. The molecule has 1 unspecified atom stereocenters. The first-order valence-corrected chi connectivity index (χ1v) is 10.5. The molecule has 0 aliphatic carbocycles. The number of nitrogens with two attached hydrogens (primary N) is 2. The molecule has 2 heterocycles. The van der Waals surface area contributed by atoms with Gasteiger partial charge in [0.25, 0.3) is 0 Å². The highest BCUT2D eigenvalue weighted by Gasteiger charge is 2.27. The summed E-state index contributed by atoms with van der Waals surface area (Å²) in [6.45, 7) is 2.65. The van der Waals surface area contributed by atoms with Crippen molar-refractivity contribution < 1.29 is 13.9 Å². The normalized spacial score (nSPS) is 15.1. The van der Waals surface area contributed by atoms with Crippen LogP contribution in [0.25, 0.3) is 5.82 Å². The molecule has 0 bridgehead atoms. The van der Waals surface area contributed by atoms with E-state index in [1.54, 1.807) is 24.3 Å². The highest BCUT2D eigenvalue weighted by molar-refractivity contribution is 5.91. The minimum absolute atomic E-state index is 0.419. The quantitative estimate of drug-likeness (QED) is 0.595. The summed E-state index contributed by atoms with van der Waals surface area (Å²) in [4.78, 5) is 20.2. The molecule has 4 rings (SSSR count). The summed E-state index contributed by atoms with van der Waals surface area (Å²) >= 11 is 0. The number of benzene rings is 2. The molecule has 3 aromatic rings. The number of carbonyl (C=O) groups is 1. The fourth-order valence-electron chi connectivity index (χ4n) is 3.78. The van der Waals surface area contributed by atoms with Crippen LogP contribution >= 0.6 is 0 Å². The number of ether oxygens (including phenoxy) is 1. The number of fused-ring (bicyclic) bond motifs is 1. The van der Waals surface area contributed by atoms with E-state index in [4.69, 9.17) is 25.6 Å². The van der Waals surface area contributed by atoms with Crippen LogP contribution in [0.5, 0.6) is 5.75 Å². The fraction of sp³-hybridized carbons (Fsp3) is 0.250. The Kier molecular flexibility index (Phi) is 6.02. The second kappa shape index (κ2) is 9.05. The predicted molar refractivity (Wildman–Crippen MR) is 124 cm³/mol. The Hall–Kier alpha value is -3.94. The SMILES string of the molecule is CCCCN(C(N)=O)c1ccc(N2C(N)=c3ccoc3=NC2c2ccc(OC)cc2)cc1. The summed E-state index contributed by atoms with van der Waals surface area (Å²) in [5, 5.41) is 0.737. The van der Waals surface area contributed by atoms with Crippen molar-refractivity contribution in [2.45, 2.75) is 25.9 Å². The molecule has 8 heteroatoms. The Morgan fingerprint density at radius 3 is 2.50 bits per heavy atom. The summed E-state index contributed by atoms with van der Waals surface area (Å²) in [7, 11) is 1.63. The molecule has 0 spiro atoms. The summed E-state index contributed by atoms with van der Waals surface area (Å²) in [6, 6.07) is 16.6. The van der Waals surface area contributed by atoms with Crippen LogP contribution in [0.2, 0.25) is 0 Å². The maximum absolute atomic E-state index is 11.9. The molecule has 1 aliphatic heterocycles. The lowest BCUT2D eigenvalue weighted by Crippen LogP contribution is -2.43. The summed E-state index contributed by atoms with van der Waals surface area (Å²) in [6.07, 6.45) is 3.01. The van der Waals surface area contributed by atoms with Crippen molar-refractivity contribution in [2.24, 2.45) is 16.5 Å². The van der Waals surface area contributed by atoms with Crippen molar-refractivity contribution in [3.05, 3.63) is 77.2 Å². The molecule has 4 N–H and O–H groups in total. The van der Waals surface area contributed by atoms with Gasteiger partial charge in [0.05, 0.1) is 18.6 Å². The number of nitrogens with zero attached hydrogens (tertiary/aromatic N) is 3. The van der Waals surface area contributed by atoms with Crippen molar-refractivity contribution >= 4 is 23.2 Å². The molecule has 1 aliphatic rings. The van der Waals surface area contributed by atoms with Crippen LogP contribution < -0.4 is 36.8 Å². The van der Waals surface area contributed by atoms with Crippen LogP contribution in [0.1, 0.15) is 31.5 Å². The summed E-state index contributed by atoms with van der Waals surface area (Å²) in [5.41, 5.74) is 15.2. The van der Waals surface area contributed by atoms with Gasteiger partial charge < -0.3 is 25.5 Å². The Morgan fingerprint density at radius 2 is 1.88 bits per heavy atom. The lowest BCUT2D eigenvalue weighted by Gasteiger charge is -2.33. The van der Waals surface area contributed by atoms with Gasteiger partial charge in [0, 0.05) is 17.9 Å². The second-order valence-electron chi connectivity index (χ2n) is 7.53. The molecular weight excluding hydrogens is 406 g/mol. The Labute approximate surface area is 186 Å². The lowest BCUT2D eigenvalue weighted by molar-refractivity contribution is 0.254. The summed E-state index contributed by atoms with van der Waals surface area (Å²) < 4.78 is 10.8. The van der Waals surface area contributed by atoms with Gasteiger partial charge >= 0.3 is 6.03 Å². The van der Waals surface area contributed by atoms with Gasteiger partial charge in [-0.1, -0.05) is 25.5 Å². The van der Waals surface area contributed by atoms with Crippen LogP contribution in [0.15, 0.2) is 70.3 Å². The number of amides is 2. The van der Waals surface area contributed by atoms with Gasteiger partial charge in [0.15, 0.2) is 6.17 Å². The van der Waals surface area contributed by atoms with Crippen molar-refractivity contribution in [1.82, 2.24) is 0 Å². The molecule has 1 atom stereocenters. The Morgan fingerprint density at radius 1 is 1.16 bits per heavy atom. The minimum atomic E-state index is -0.468. The van der Waals surface area contributed by atoms with E-state index >= 15 is 0 Å². The first-order valence-electron chi connectivity index (χ1n) is 10.5. The second-order valence-corrected chi connectivity index (χ2v) is 7.53. The zero-order chi connectivity index (χ0) is 22.7. The average molecular weight is 434 g/mol. The molecule has 2 amide bonds. The third kappa shape index (κ3) is 3.99. The molecule has 2 aromatic carbocycles. The number of methoxy groups -OCH3 is 1. The van der Waals surface area contributed by atoms with E-state index in [0.29, 0.717) is 17.9 Å². The van der Waals surface area contributed by atoms with Gasteiger partial charge in [-0.05, 0) is 54.4 Å². The molecule has 32 heavy (non-hydrogen) atoms. The van der Waals surface area contributed by atoms with E-state index in [9.17, 15) is 4.79 Å². The van der Waals surface area contributed by atoms with E-state index in [1.807, 2.05) is 53.4 Å². The smallest absolute Gasteiger partial charge is 0.319 e. The molecule has 0 fully saturated rings. The van der Waals surface area contributed by atoms with Crippen molar-refractivity contribution in [2.75, 3.05) is 23.5 Å². The number of unbranched alkanes of at least 4 members (excludes halogenated alkanes) is 1. The number of hydrogen-bond acceptors (Lipinski definition) is 6. The molecule has 8 nitrogen and oxygen atoms in total. The lowest BCUT2D eigenvalue weighted by atomic mass is 10.1. The molecule has 0 saturated heterocycles. The van der Waals surface area contributed by atoms with Gasteiger partial charge in [-0.15, -0.1) is 0 Å². The number of rotatable bonds is 7. The topological polar surface area (TPSA) is 110 Å². The van der Waals surface area contributed by atoms with E-state index in [0.717, 1.165) is 40.7 Å². The maximum atomic E-state index is 11.9. The number of carbonyl (C=O) groups excluding carboxylic acids is 1. The van der Waals surface area contributed by atoms with E-state index in [1.165, 1.54) is 0 Å². The molecular formula is C24H27N5O3. The van der Waals surface area contributed by atoms with Crippen molar-refractivity contribution in [3.8, 4) is 5.75 Å². The zero-order valence-corrected chi connectivity index (χ0v) is 18.2. The first-order chi connectivity index (χ1) is 15.5. The molecule has 166 valence electrons. The van der Waals surface area contributed by atoms with E-state index in [2.05, 4.69) is 6.92 Å². The molecule has 0 saturated carbocycles. The number of primary amides is 1. The van der Waals surface area contributed by atoms with Gasteiger partial charge in [0.2, 0.25) is 5.55 Å². The van der Waals surface area contributed by atoms with E-state index in [-0.39, 0.29) is 0 Å². The van der Waals surface area contributed by atoms with Crippen molar-refractivity contribution in [3.63, 3.8) is 0 Å². The number of hydrogen-bond donors (Lipinski definition) is 2. The monoisotopic (exact) mass is 433 g/mol. The van der Waals surface area contributed by atoms with Crippen molar-refractivity contribution in [1.29, 1.82) is 0 Å². The molecule has 1 aromatic heterocycles. The third-order valence-electron chi connectivity index (χ3n) is 5.52. The minimum Gasteiger partial charge on any atom is -0.497 e. The highest BCUT2D eigenvalue weighted by atomic mass is 16.5.